The maximum atomic E-state index is 12.4. The molecule has 1 aromatic carbocycles. The third-order valence-corrected chi connectivity index (χ3v) is 4.45. The minimum atomic E-state index is -0.630. The number of esters is 1. The lowest BCUT2D eigenvalue weighted by Crippen LogP contribution is -2.32. The van der Waals surface area contributed by atoms with E-state index in [0.717, 1.165) is 10.1 Å². The number of hydrogen-bond acceptors (Lipinski definition) is 6. The highest BCUT2D eigenvalue weighted by atomic mass is 79.9. The molecule has 0 aliphatic heterocycles. The van der Waals surface area contributed by atoms with Gasteiger partial charge in [-0.3, -0.25) is 14.2 Å². The highest BCUT2D eigenvalue weighted by molar-refractivity contribution is 9.10. The number of halogens is 2. The number of hydrogen-bond donors (Lipinski definition) is 1. The van der Waals surface area contributed by atoms with Crippen LogP contribution in [0.15, 0.2) is 39.9 Å². The molecule has 2 N–H and O–H groups in total. The van der Waals surface area contributed by atoms with Crippen LogP contribution in [-0.4, -0.2) is 33.8 Å². The van der Waals surface area contributed by atoms with Gasteiger partial charge in [0.05, 0.1) is 0 Å². The van der Waals surface area contributed by atoms with E-state index in [9.17, 15) is 9.59 Å². The Morgan fingerprint density at radius 2 is 1.96 bits per heavy atom. The lowest BCUT2D eigenvalue weighted by atomic mass is 10.1. The van der Waals surface area contributed by atoms with Gasteiger partial charge in [-0.25, -0.2) is 4.98 Å². The van der Waals surface area contributed by atoms with E-state index in [2.05, 4.69) is 20.9 Å². The molecule has 1 atom stereocenters. The molecule has 0 radical (unpaired) electrons. The number of benzene rings is 1. The molecule has 28 heavy (non-hydrogen) atoms. The van der Waals surface area contributed by atoms with E-state index in [4.69, 9.17) is 26.8 Å². The monoisotopic (exact) mass is 471 g/mol. The van der Waals surface area contributed by atoms with Crippen LogP contribution < -0.4 is 16.0 Å². The van der Waals surface area contributed by atoms with Crippen molar-refractivity contribution >= 4 is 33.5 Å². The van der Waals surface area contributed by atoms with Crippen molar-refractivity contribution in [1.82, 2.24) is 9.55 Å². The zero-order valence-corrected chi connectivity index (χ0v) is 18.3. The number of aromatic nitrogens is 2. The van der Waals surface area contributed by atoms with Crippen LogP contribution in [0.25, 0.3) is 0 Å². The van der Waals surface area contributed by atoms with Gasteiger partial charge in [0.25, 0.3) is 5.56 Å². The van der Waals surface area contributed by atoms with Gasteiger partial charge in [0.2, 0.25) is 5.88 Å². The lowest BCUT2D eigenvalue weighted by Gasteiger charge is -2.19. The van der Waals surface area contributed by atoms with Crippen LogP contribution in [0.5, 0.6) is 5.88 Å². The molecule has 0 saturated carbocycles. The molecule has 0 bridgehead atoms. The molecule has 0 aliphatic rings. The van der Waals surface area contributed by atoms with Gasteiger partial charge in [-0.15, -0.1) is 0 Å². The Labute approximate surface area is 176 Å². The summed E-state index contributed by atoms with van der Waals surface area (Å²) in [6, 6.07) is 7.10. The third kappa shape index (κ3) is 6.92. The smallest absolute Gasteiger partial charge is 0.326 e. The summed E-state index contributed by atoms with van der Waals surface area (Å²) in [6.07, 6.45) is 1.83. The highest BCUT2D eigenvalue weighted by Crippen LogP contribution is 2.18. The normalized spacial score (nSPS) is 12.5. The molecule has 2 rings (SSSR count). The van der Waals surface area contributed by atoms with Crippen molar-refractivity contribution < 1.29 is 14.3 Å². The summed E-state index contributed by atoms with van der Waals surface area (Å²) < 4.78 is 12.1. The zero-order chi connectivity index (χ0) is 20.9. The fourth-order valence-electron chi connectivity index (χ4n) is 2.34. The second-order valence-corrected chi connectivity index (χ2v) is 8.51. The molecule has 152 valence electrons. The number of nitrogens with two attached hydrogens (primary N) is 1. The first-order valence-electron chi connectivity index (χ1n) is 8.65. The second-order valence-electron chi connectivity index (χ2n) is 7.28. The summed E-state index contributed by atoms with van der Waals surface area (Å²) in [4.78, 5) is 28.4. The Balaban J connectivity index is 1.97. The van der Waals surface area contributed by atoms with Crippen LogP contribution in [0.3, 0.4) is 0 Å². The Morgan fingerprint density at radius 3 is 2.57 bits per heavy atom. The van der Waals surface area contributed by atoms with E-state index in [1.165, 1.54) is 6.33 Å². The quantitative estimate of drug-likeness (QED) is 0.622. The fourth-order valence-corrected chi connectivity index (χ4v) is 2.91. The molecule has 9 heteroatoms. The van der Waals surface area contributed by atoms with Gasteiger partial charge in [0, 0.05) is 11.1 Å². The molecule has 0 unspecified atom stereocenters. The van der Waals surface area contributed by atoms with Gasteiger partial charge in [-0.05, 0) is 60.8 Å². The molecule has 0 saturated heterocycles. The molecular weight excluding hydrogens is 450 g/mol. The van der Waals surface area contributed by atoms with Crippen LogP contribution in [0.2, 0.25) is 5.02 Å². The Bertz CT molecular complexity index is 878. The summed E-state index contributed by atoms with van der Waals surface area (Å²) in [7, 11) is 0. The fraction of sp³-hybridized carbons (Fsp3) is 0.421. The summed E-state index contributed by atoms with van der Waals surface area (Å²) in [5, 5.41) is 0.661. The summed E-state index contributed by atoms with van der Waals surface area (Å²) in [5.41, 5.74) is 6.04. The molecule has 0 aliphatic carbocycles. The zero-order valence-electron chi connectivity index (χ0n) is 15.9. The average Bonchev–Trinajstić information content (AvgIpc) is 2.59. The molecule has 1 aromatic heterocycles. The summed E-state index contributed by atoms with van der Waals surface area (Å²) in [5.74, 6) is -0.404. The SMILES string of the molecule is CC(C)(C)OC(=O)Cn1cnc(OC[C@H](N)Cc2ccc(Cl)cc2)c(Br)c1=O. The first kappa shape index (κ1) is 22.4. The first-order valence-corrected chi connectivity index (χ1v) is 9.82. The molecule has 2 aromatic rings. The van der Waals surface area contributed by atoms with E-state index < -0.39 is 17.1 Å². The van der Waals surface area contributed by atoms with Crippen molar-refractivity contribution in [1.29, 1.82) is 0 Å². The Morgan fingerprint density at radius 1 is 1.32 bits per heavy atom. The molecule has 0 amide bonds. The average molecular weight is 473 g/mol. The van der Waals surface area contributed by atoms with Gasteiger partial charge in [-0.2, -0.15) is 0 Å². The van der Waals surface area contributed by atoms with Crippen LogP contribution in [0.4, 0.5) is 0 Å². The van der Waals surface area contributed by atoms with E-state index in [1.807, 2.05) is 12.1 Å². The molecule has 0 spiro atoms. The second kappa shape index (κ2) is 9.54. The van der Waals surface area contributed by atoms with E-state index in [0.29, 0.717) is 11.4 Å². The number of rotatable bonds is 7. The third-order valence-electron chi connectivity index (χ3n) is 3.52. The number of carbonyl (C=O) groups excluding carboxylic acids is 1. The Kier molecular flexibility index (Phi) is 7.63. The first-order chi connectivity index (χ1) is 13.0. The van der Waals surface area contributed by atoms with Crippen molar-refractivity contribution in [3.05, 3.63) is 56.0 Å². The van der Waals surface area contributed by atoms with Crippen molar-refractivity contribution in [2.45, 2.75) is 45.4 Å². The summed E-state index contributed by atoms with van der Waals surface area (Å²) >= 11 is 9.05. The van der Waals surface area contributed by atoms with E-state index in [-0.39, 0.29) is 29.5 Å². The maximum absolute atomic E-state index is 12.4. The standard InChI is InChI=1S/C19H23BrClN3O4/c1-19(2,3)28-15(25)9-24-11-23-17(16(20)18(24)26)27-10-14(22)8-12-4-6-13(21)7-5-12/h4-7,11,14H,8-10,22H2,1-3H3/t14-/m1/s1. The van der Waals surface area contributed by atoms with Crippen LogP contribution in [0.1, 0.15) is 26.3 Å². The highest BCUT2D eigenvalue weighted by Gasteiger charge is 2.19. The van der Waals surface area contributed by atoms with Gasteiger partial charge >= 0.3 is 5.97 Å². The predicted molar refractivity (Wildman–Crippen MR) is 111 cm³/mol. The molecule has 0 fully saturated rings. The van der Waals surface area contributed by atoms with Crippen molar-refractivity contribution in [2.24, 2.45) is 5.73 Å². The van der Waals surface area contributed by atoms with Crippen LogP contribution in [-0.2, 0) is 22.5 Å². The van der Waals surface area contributed by atoms with Gasteiger partial charge in [0.15, 0.2) is 0 Å². The molecule has 7 nitrogen and oxygen atoms in total. The van der Waals surface area contributed by atoms with Crippen molar-refractivity contribution in [3.63, 3.8) is 0 Å². The Hall–Kier alpha value is -1.90. The maximum Gasteiger partial charge on any atom is 0.326 e. The lowest BCUT2D eigenvalue weighted by molar-refractivity contribution is -0.155. The van der Waals surface area contributed by atoms with E-state index >= 15 is 0 Å². The van der Waals surface area contributed by atoms with Crippen molar-refractivity contribution in [3.8, 4) is 5.88 Å². The predicted octanol–water partition coefficient (Wildman–Crippen LogP) is 2.95. The minimum absolute atomic E-state index is 0.122. The minimum Gasteiger partial charge on any atom is -0.475 e. The van der Waals surface area contributed by atoms with Gasteiger partial charge in [-0.1, -0.05) is 23.7 Å². The molecular formula is C19H23BrClN3O4. The van der Waals surface area contributed by atoms with Gasteiger partial charge in [0.1, 0.15) is 29.6 Å². The largest absolute Gasteiger partial charge is 0.475 e. The van der Waals surface area contributed by atoms with Crippen molar-refractivity contribution in [2.75, 3.05) is 6.61 Å². The van der Waals surface area contributed by atoms with E-state index in [1.54, 1.807) is 32.9 Å². The molecule has 1 heterocycles. The number of carbonyl (C=O) groups is 1. The van der Waals surface area contributed by atoms with Crippen LogP contribution >= 0.6 is 27.5 Å². The topological polar surface area (TPSA) is 96.4 Å². The summed E-state index contributed by atoms with van der Waals surface area (Å²) in [6.45, 7) is 5.20. The number of ether oxygens (including phenoxy) is 2. The van der Waals surface area contributed by atoms with Crippen LogP contribution in [0, 0.1) is 0 Å². The number of nitrogens with zero attached hydrogens (tertiary/aromatic N) is 2. The van der Waals surface area contributed by atoms with Gasteiger partial charge < -0.3 is 15.2 Å².